The third-order valence-corrected chi connectivity index (χ3v) is 14.8. The summed E-state index contributed by atoms with van der Waals surface area (Å²) in [7, 11) is 0. The van der Waals surface area contributed by atoms with Crippen molar-refractivity contribution in [2.24, 2.45) is 0 Å². The fourth-order valence-electron chi connectivity index (χ4n) is 9.79. The third-order valence-electron chi connectivity index (χ3n) is 14.8. The number of hydrogen-bond acceptors (Lipinski definition) is 6. The Hall–Kier alpha value is -2.89. The largest absolute Gasteiger partial charge is 0.462 e. The van der Waals surface area contributed by atoms with E-state index in [1.807, 2.05) is 0 Å². The molecule has 0 spiro atoms. The summed E-state index contributed by atoms with van der Waals surface area (Å²) in [6.07, 6.45) is 82.4. The average molecular weight is 1060 g/mol. The van der Waals surface area contributed by atoms with Gasteiger partial charge >= 0.3 is 17.9 Å². The van der Waals surface area contributed by atoms with Crippen molar-refractivity contribution in [3.05, 3.63) is 60.8 Å². The van der Waals surface area contributed by atoms with Gasteiger partial charge in [-0.05, 0) is 83.5 Å². The Labute approximate surface area is 472 Å². The number of carbonyl (C=O) groups excluding carboxylic acids is 3. The maximum atomic E-state index is 12.9. The van der Waals surface area contributed by atoms with Crippen molar-refractivity contribution < 1.29 is 28.6 Å². The van der Waals surface area contributed by atoms with E-state index in [1.54, 1.807) is 0 Å². The number of carbonyl (C=O) groups is 3. The monoisotopic (exact) mass is 1060 g/mol. The van der Waals surface area contributed by atoms with Gasteiger partial charge in [-0.3, -0.25) is 14.4 Å². The van der Waals surface area contributed by atoms with Crippen LogP contribution in [0.1, 0.15) is 348 Å². The zero-order valence-corrected chi connectivity index (χ0v) is 50.8. The van der Waals surface area contributed by atoms with Gasteiger partial charge in [-0.1, -0.05) is 306 Å². The highest BCUT2D eigenvalue weighted by molar-refractivity contribution is 5.71. The van der Waals surface area contributed by atoms with E-state index in [0.717, 1.165) is 89.9 Å². The SMILES string of the molecule is CC/C=C\C/C=C\C/C=C\C/C=C\CCCCCCCCCCCCCCCCCCC(=O)OCC(COC(=O)CCCCCCCCCCCCCCC)OC(=O)CCCCCCC/C=C\CCCCCCCCC. The zero-order valence-electron chi connectivity index (χ0n) is 50.8. The van der Waals surface area contributed by atoms with E-state index in [4.69, 9.17) is 14.2 Å². The molecule has 0 aliphatic rings. The molecule has 0 aromatic heterocycles. The summed E-state index contributed by atoms with van der Waals surface area (Å²) in [5, 5.41) is 0. The van der Waals surface area contributed by atoms with Crippen LogP contribution in [0.3, 0.4) is 0 Å². The van der Waals surface area contributed by atoms with Crippen molar-refractivity contribution in [1.29, 1.82) is 0 Å². The van der Waals surface area contributed by atoms with Gasteiger partial charge in [0.15, 0.2) is 6.10 Å². The van der Waals surface area contributed by atoms with Gasteiger partial charge in [0.1, 0.15) is 13.2 Å². The molecule has 6 nitrogen and oxygen atoms in total. The Bertz CT molecular complexity index is 1360. The first-order chi connectivity index (χ1) is 37.5. The van der Waals surface area contributed by atoms with E-state index in [2.05, 4.69) is 81.5 Å². The van der Waals surface area contributed by atoms with Crippen LogP contribution in [0.25, 0.3) is 0 Å². The number of hydrogen-bond donors (Lipinski definition) is 0. The van der Waals surface area contributed by atoms with Crippen molar-refractivity contribution >= 4 is 17.9 Å². The van der Waals surface area contributed by atoms with E-state index in [0.29, 0.717) is 19.3 Å². The highest BCUT2D eigenvalue weighted by Gasteiger charge is 2.19. The van der Waals surface area contributed by atoms with Crippen molar-refractivity contribution in [2.75, 3.05) is 13.2 Å². The summed E-state index contributed by atoms with van der Waals surface area (Å²) in [5.74, 6) is -0.859. The third kappa shape index (κ3) is 62.0. The average Bonchev–Trinajstić information content (AvgIpc) is 3.42. The van der Waals surface area contributed by atoms with Gasteiger partial charge in [0.05, 0.1) is 0 Å². The number of allylic oxidation sites excluding steroid dienone is 10. The quantitative estimate of drug-likeness (QED) is 0.0261. The van der Waals surface area contributed by atoms with Gasteiger partial charge in [-0.2, -0.15) is 0 Å². The highest BCUT2D eigenvalue weighted by Crippen LogP contribution is 2.17. The molecule has 6 heteroatoms. The number of ether oxygens (including phenoxy) is 3. The molecule has 0 bridgehead atoms. The molecule has 0 N–H and O–H groups in total. The number of esters is 3. The molecule has 1 atom stereocenters. The first kappa shape index (κ1) is 73.1. The lowest BCUT2D eigenvalue weighted by Gasteiger charge is -2.18. The summed E-state index contributed by atoms with van der Waals surface area (Å²) in [5.41, 5.74) is 0. The minimum atomic E-state index is -0.775. The van der Waals surface area contributed by atoms with Crippen molar-refractivity contribution in [3.63, 3.8) is 0 Å². The minimum Gasteiger partial charge on any atom is -0.462 e. The van der Waals surface area contributed by atoms with Gasteiger partial charge in [0.2, 0.25) is 0 Å². The van der Waals surface area contributed by atoms with Gasteiger partial charge in [-0.15, -0.1) is 0 Å². The topological polar surface area (TPSA) is 78.9 Å². The summed E-state index contributed by atoms with van der Waals surface area (Å²) >= 11 is 0. The Morgan fingerprint density at radius 1 is 0.276 bits per heavy atom. The molecule has 0 aromatic rings. The van der Waals surface area contributed by atoms with Crippen molar-refractivity contribution in [2.45, 2.75) is 354 Å². The fraction of sp³-hybridized carbons (Fsp3) is 0.814. The second kappa shape index (κ2) is 64.6. The van der Waals surface area contributed by atoms with Gasteiger partial charge in [0, 0.05) is 19.3 Å². The molecule has 0 radical (unpaired) electrons. The molecule has 76 heavy (non-hydrogen) atoms. The molecule has 0 saturated carbocycles. The van der Waals surface area contributed by atoms with Crippen LogP contribution in [0.2, 0.25) is 0 Å². The number of rotatable bonds is 61. The Morgan fingerprint density at radius 3 is 0.816 bits per heavy atom. The first-order valence-corrected chi connectivity index (χ1v) is 33.3. The summed E-state index contributed by atoms with van der Waals surface area (Å²) < 4.78 is 16.9. The molecule has 0 aliphatic heterocycles. The lowest BCUT2D eigenvalue weighted by atomic mass is 10.0. The first-order valence-electron chi connectivity index (χ1n) is 33.3. The van der Waals surface area contributed by atoms with Crippen LogP contribution in [-0.2, 0) is 28.6 Å². The molecular weight excluding hydrogens is 937 g/mol. The molecule has 1 unspecified atom stereocenters. The van der Waals surface area contributed by atoms with Crippen LogP contribution in [0, 0.1) is 0 Å². The van der Waals surface area contributed by atoms with Gasteiger partial charge < -0.3 is 14.2 Å². The molecule has 0 amide bonds. The smallest absolute Gasteiger partial charge is 0.306 e. The van der Waals surface area contributed by atoms with E-state index >= 15 is 0 Å². The highest BCUT2D eigenvalue weighted by atomic mass is 16.6. The maximum absolute atomic E-state index is 12.9. The summed E-state index contributed by atoms with van der Waals surface area (Å²) in [6.45, 7) is 6.57. The van der Waals surface area contributed by atoms with Crippen LogP contribution >= 0.6 is 0 Å². The second-order valence-electron chi connectivity index (χ2n) is 22.4. The Morgan fingerprint density at radius 2 is 0.513 bits per heavy atom. The molecule has 0 rings (SSSR count). The van der Waals surface area contributed by atoms with E-state index < -0.39 is 6.10 Å². The molecule has 0 fully saturated rings. The van der Waals surface area contributed by atoms with E-state index in [9.17, 15) is 14.4 Å². The number of unbranched alkanes of at least 4 members (excludes halogenated alkanes) is 40. The lowest BCUT2D eigenvalue weighted by molar-refractivity contribution is -0.167. The summed E-state index contributed by atoms with van der Waals surface area (Å²) in [4.78, 5) is 38.3. The van der Waals surface area contributed by atoms with Gasteiger partial charge in [0.25, 0.3) is 0 Å². The molecule has 0 saturated heterocycles. The predicted molar refractivity (Wildman–Crippen MR) is 330 cm³/mol. The fourth-order valence-corrected chi connectivity index (χ4v) is 9.79. The molecule has 0 heterocycles. The van der Waals surface area contributed by atoms with Crippen molar-refractivity contribution in [3.8, 4) is 0 Å². The standard InChI is InChI=1S/C70H126O6/c1-4-7-10-13-16-19-22-25-27-29-30-31-32-33-34-35-36-37-38-39-40-41-43-45-48-51-54-57-60-63-69(72)75-66-67(65-74-68(71)62-59-56-53-50-47-44-24-21-18-15-12-9-6-3)76-70(73)64-61-58-55-52-49-46-42-28-26-23-20-17-14-11-8-5-2/h7,10,16,19,25,27-28,30-31,42,67H,4-6,8-9,11-15,17-18,20-24,26,29,32-41,43-66H2,1-3H3/b10-7-,19-16-,27-25-,31-30-,42-28-. The normalized spacial score (nSPS) is 12.4. The van der Waals surface area contributed by atoms with Crippen LogP contribution < -0.4 is 0 Å². The Kier molecular flexibility index (Phi) is 62.2. The molecule has 0 aliphatic carbocycles. The van der Waals surface area contributed by atoms with Crippen molar-refractivity contribution in [1.82, 2.24) is 0 Å². The molecule has 0 aromatic carbocycles. The predicted octanol–water partition coefficient (Wildman–Crippen LogP) is 22.7. The maximum Gasteiger partial charge on any atom is 0.306 e. The molecular formula is C70H126O6. The van der Waals surface area contributed by atoms with E-state index in [-0.39, 0.29) is 31.1 Å². The van der Waals surface area contributed by atoms with Crippen LogP contribution in [-0.4, -0.2) is 37.2 Å². The van der Waals surface area contributed by atoms with E-state index in [1.165, 1.54) is 218 Å². The van der Waals surface area contributed by atoms with Gasteiger partial charge in [-0.25, -0.2) is 0 Å². The van der Waals surface area contributed by atoms with Crippen LogP contribution in [0.4, 0.5) is 0 Å². The summed E-state index contributed by atoms with van der Waals surface area (Å²) in [6, 6.07) is 0. The van der Waals surface area contributed by atoms with Crippen LogP contribution in [0.5, 0.6) is 0 Å². The lowest BCUT2D eigenvalue weighted by Crippen LogP contribution is -2.30. The zero-order chi connectivity index (χ0) is 55.0. The Balaban J connectivity index is 4.20. The van der Waals surface area contributed by atoms with Crippen LogP contribution in [0.15, 0.2) is 60.8 Å². The minimum absolute atomic E-state index is 0.0720. The second-order valence-corrected chi connectivity index (χ2v) is 22.4. The molecule has 442 valence electrons.